The second kappa shape index (κ2) is 5.57. The number of imidazole rings is 1. The van der Waals surface area contributed by atoms with Gasteiger partial charge in [0.2, 0.25) is 0 Å². The van der Waals surface area contributed by atoms with E-state index in [1.54, 1.807) is 0 Å². The largest absolute Gasteiger partial charge is 0.368 e. The monoisotopic (exact) mass is 259 g/mol. The number of fused-ring (bicyclic) bond motifs is 1. The molecule has 102 valence electrons. The molecule has 0 aromatic carbocycles. The van der Waals surface area contributed by atoms with Crippen LogP contribution in [-0.4, -0.2) is 27.7 Å². The molecule has 3 N–H and O–H groups in total. The van der Waals surface area contributed by atoms with Crippen molar-refractivity contribution < 1.29 is 0 Å². The van der Waals surface area contributed by atoms with Crippen molar-refractivity contribution in [2.75, 3.05) is 18.4 Å². The first-order valence-corrected chi connectivity index (χ1v) is 7.14. The molecule has 5 heteroatoms. The molecule has 0 unspecified atom stereocenters. The van der Waals surface area contributed by atoms with Gasteiger partial charge in [-0.05, 0) is 37.4 Å². The molecule has 0 aliphatic heterocycles. The zero-order chi connectivity index (χ0) is 13.1. The van der Waals surface area contributed by atoms with Crippen LogP contribution in [0.15, 0.2) is 18.3 Å². The lowest BCUT2D eigenvalue weighted by molar-refractivity contribution is 0.578. The molecule has 1 saturated carbocycles. The van der Waals surface area contributed by atoms with E-state index >= 15 is 0 Å². The zero-order valence-corrected chi connectivity index (χ0v) is 11.2. The van der Waals surface area contributed by atoms with Gasteiger partial charge in [-0.2, -0.15) is 0 Å². The Bertz CT molecular complexity index is 542. The standard InChI is InChI=1S/C14H21N5/c15-8-7-12-10-19-14(17-12)6-5-13(18-19)16-9-11-3-1-2-4-11/h5-6,10-11H,1-4,7-9,15H2,(H,16,18). The molecule has 1 aliphatic rings. The molecule has 2 heterocycles. The van der Waals surface area contributed by atoms with Crippen LogP contribution in [0.5, 0.6) is 0 Å². The maximum Gasteiger partial charge on any atom is 0.153 e. The van der Waals surface area contributed by atoms with Gasteiger partial charge >= 0.3 is 0 Å². The molecule has 5 nitrogen and oxygen atoms in total. The van der Waals surface area contributed by atoms with E-state index in [9.17, 15) is 0 Å². The van der Waals surface area contributed by atoms with E-state index in [0.29, 0.717) is 6.54 Å². The van der Waals surface area contributed by atoms with Crippen molar-refractivity contribution in [2.24, 2.45) is 11.7 Å². The summed E-state index contributed by atoms with van der Waals surface area (Å²) < 4.78 is 1.84. The van der Waals surface area contributed by atoms with Gasteiger partial charge in [0.15, 0.2) is 5.65 Å². The Balaban J connectivity index is 1.69. The van der Waals surface area contributed by atoms with Crippen molar-refractivity contribution >= 4 is 11.5 Å². The number of nitrogens with two attached hydrogens (primary N) is 1. The third-order valence-corrected chi connectivity index (χ3v) is 3.82. The van der Waals surface area contributed by atoms with E-state index in [1.807, 2.05) is 22.8 Å². The van der Waals surface area contributed by atoms with Crippen LogP contribution in [0.4, 0.5) is 5.82 Å². The Morgan fingerprint density at radius 1 is 1.32 bits per heavy atom. The number of rotatable bonds is 5. The van der Waals surface area contributed by atoms with Gasteiger partial charge in [0.25, 0.3) is 0 Å². The summed E-state index contributed by atoms with van der Waals surface area (Å²) in [7, 11) is 0. The van der Waals surface area contributed by atoms with Gasteiger partial charge in [-0.3, -0.25) is 0 Å². The number of nitrogens with zero attached hydrogens (tertiary/aromatic N) is 3. The molecule has 0 spiro atoms. The van der Waals surface area contributed by atoms with Gasteiger partial charge in [0, 0.05) is 13.0 Å². The van der Waals surface area contributed by atoms with Crippen LogP contribution >= 0.6 is 0 Å². The lowest BCUT2D eigenvalue weighted by Crippen LogP contribution is -2.12. The van der Waals surface area contributed by atoms with Crippen molar-refractivity contribution in [1.29, 1.82) is 0 Å². The summed E-state index contributed by atoms with van der Waals surface area (Å²) >= 11 is 0. The van der Waals surface area contributed by atoms with Gasteiger partial charge in [0.1, 0.15) is 5.82 Å². The molecule has 0 radical (unpaired) electrons. The van der Waals surface area contributed by atoms with E-state index < -0.39 is 0 Å². The van der Waals surface area contributed by atoms with E-state index in [-0.39, 0.29) is 0 Å². The highest BCUT2D eigenvalue weighted by Gasteiger charge is 2.14. The molecule has 0 bridgehead atoms. The molecule has 2 aromatic rings. The van der Waals surface area contributed by atoms with Crippen LogP contribution < -0.4 is 11.1 Å². The fourth-order valence-electron chi connectivity index (χ4n) is 2.76. The van der Waals surface area contributed by atoms with Gasteiger partial charge in [-0.1, -0.05) is 12.8 Å². The van der Waals surface area contributed by atoms with Gasteiger partial charge in [0.05, 0.1) is 11.9 Å². The predicted molar refractivity (Wildman–Crippen MR) is 76.2 cm³/mol. The molecule has 1 fully saturated rings. The molecule has 0 atom stereocenters. The molecule has 3 rings (SSSR count). The van der Waals surface area contributed by atoms with Gasteiger partial charge in [-0.15, -0.1) is 5.10 Å². The highest BCUT2D eigenvalue weighted by molar-refractivity contribution is 5.45. The molecular formula is C14H21N5. The quantitative estimate of drug-likeness (QED) is 0.859. The summed E-state index contributed by atoms with van der Waals surface area (Å²) in [5, 5.41) is 7.98. The Hall–Kier alpha value is -1.62. The minimum absolute atomic E-state index is 0.622. The smallest absolute Gasteiger partial charge is 0.153 e. The number of hydrogen-bond donors (Lipinski definition) is 2. The predicted octanol–water partition coefficient (Wildman–Crippen LogP) is 1.83. The number of anilines is 1. The first-order valence-electron chi connectivity index (χ1n) is 7.14. The average Bonchev–Trinajstić information content (AvgIpc) is 3.05. The van der Waals surface area contributed by atoms with Crippen LogP contribution in [0.2, 0.25) is 0 Å². The summed E-state index contributed by atoms with van der Waals surface area (Å²) in [5.74, 6) is 1.74. The van der Waals surface area contributed by atoms with Crippen LogP contribution in [0.1, 0.15) is 31.4 Å². The highest BCUT2D eigenvalue weighted by Crippen LogP contribution is 2.24. The Morgan fingerprint density at radius 3 is 2.95 bits per heavy atom. The van der Waals surface area contributed by atoms with Crippen molar-refractivity contribution in [3.8, 4) is 0 Å². The summed E-state index contributed by atoms with van der Waals surface area (Å²) in [6, 6.07) is 4.01. The van der Waals surface area contributed by atoms with Gasteiger partial charge in [-0.25, -0.2) is 9.50 Å². The first kappa shape index (κ1) is 12.4. The van der Waals surface area contributed by atoms with Crippen molar-refractivity contribution in [3.63, 3.8) is 0 Å². The third kappa shape index (κ3) is 2.87. The molecule has 2 aromatic heterocycles. The van der Waals surface area contributed by atoms with Crippen molar-refractivity contribution in [1.82, 2.24) is 14.6 Å². The second-order valence-electron chi connectivity index (χ2n) is 5.32. The average molecular weight is 259 g/mol. The molecular weight excluding hydrogens is 238 g/mol. The molecule has 0 saturated heterocycles. The van der Waals surface area contributed by atoms with E-state index in [4.69, 9.17) is 5.73 Å². The summed E-state index contributed by atoms with van der Waals surface area (Å²) in [4.78, 5) is 4.47. The van der Waals surface area contributed by atoms with Crippen LogP contribution in [-0.2, 0) is 6.42 Å². The lowest BCUT2D eigenvalue weighted by Gasteiger charge is -2.10. The molecule has 1 aliphatic carbocycles. The van der Waals surface area contributed by atoms with Gasteiger partial charge < -0.3 is 11.1 Å². The molecule has 19 heavy (non-hydrogen) atoms. The fraction of sp³-hybridized carbons (Fsp3) is 0.571. The number of hydrogen-bond acceptors (Lipinski definition) is 4. The van der Waals surface area contributed by atoms with Crippen molar-refractivity contribution in [2.45, 2.75) is 32.1 Å². The zero-order valence-electron chi connectivity index (χ0n) is 11.2. The normalized spacial score (nSPS) is 16.3. The maximum atomic E-state index is 5.55. The van der Waals surface area contributed by atoms with Crippen molar-refractivity contribution in [3.05, 3.63) is 24.0 Å². The Kier molecular flexibility index (Phi) is 3.64. The van der Waals surface area contributed by atoms with E-state index in [0.717, 1.165) is 36.0 Å². The number of aromatic nitrogens is 3. The minimum Gasteiger partial charge on any atom is -0.368 e. The summed E-state index contributed by atoms with van der Waals surface area (Å²) in [6.07, 6.45) is 8.21. The van der Waals surface area contributed by atoms with E-state index in [2.05, 4.69) is 15.4 Å². The Morgan fingerprint density at radius 2 is 2.16 bits per heavy atom. The minimum atomic E-state index is 0.622. The SMILES string of the molecule is NCCc1cn2nc(NCC3CCCC3)ccc2n1. The summed E-state index contributed by atoms with van der Waals surface area (Å²) in [6.45, 7) is 1.65. The summed E-state index contributed by atoms with van der Waals surface area (Å²) in [5.41, 5.74) is 7.43. The third-order valence-electron chi connectivity index (χ3n) is 3.82. The second-order valence-corrected chi connectivity index (χ2v) is 5.32. The van der Waals surface area contributed by atoms with E-state index in [1.165, 1.54) is 25.7 Å². The van der Waals surface area contributed by atoms with Crippen LogP contribution in [0, 0.1) is 5.92 Å². The number of nitrogens with one attached hydrogen (secondary N) is 1. The van der Waals surface area contributed by atoms with Crippen LogP contribution in [0.3, 0.4) is 0 Å². The molecule has 0 amide bonds. The topological polar surface area (TPSA) is 68.2 Å². The first-order chi connectivity index (χ1) is 9.35. The lowest BCUT2D eigenvalue weighted by atomic mass is 10.1. The van der Waals surface area contributed by atoms with Crippen LogP contribution in [0.25, 0.3) is 5.65 Å². The maximum absolute atomic E-state index is 5.55. The fourth-order valence-corrected chi connectivity index (χ4v) is 2.76. The highest BCUT2D eigenvalue weighted by atomic mass is 15.3. The Labute approximate surface area is 113 Å².